The summed E-state index contributed by atoms with van der Waals surface area (Å²) in [6.45, 7) is 9.85. The van der Waals surface area contributed by atoms with Crippen molar-refractivity contribution in [2.45, 2.75) is 65.0 Å². The molecule has 1 atom stereocenters. The Kier molecular flexibility index (Phi) is 6.20. The lowest BCUT2D eigenvalue weighted by molar-refractivity contribution is -0.124. The second-order valence-corrected chi connectivity index (χ2v) is 5.82. The Morgan fingerprint density at radius 2 is 2.20 bits per heavy atom. The van der Waals surface area contributed by atoms with Crippen molar-refractivity contribution in [1.82, 2.24) is 14.9 Å². The number of hydrogen-bond donors (Lipinski definition) is 2. The molecular weight excluding hydrogens is 252 g/mol. The Morgan fingerprint density at radius 3 is 2.75 bits per heavy atom. The van der Waals surface area contributed by atoms with Gasteiger partial charge in [-0.05, 0) is 32.7 Å². The van der Waals surface area contributed by atoms with Gasteiger partial charge in [0.05, 0.1) is 5.54 Å². The second kappa shape index (κ2) is 7.43. The van der Waals surface area contributed by atoms with Crippen molar-refractivity contribution in [3.05, 3.63) is 18.2 Å². The van der Waals surface area contributed by atoms with Gasteiger partial charge >= 0.3 is 0 Å². The monoisotopic (exact) mass is 280 g/mol. The van der Waals surface area contributed by atoms with Crippen molar-refractivity contribution in [2.75, 3.05) is 6.54 Å². The van der Waals surface area contributed by atoms with Crippen LogP contribution in [-0.4, -0.2) is 27.5 Å². The molecule has 3 N–H and O–H groups in total. The molecule has 0 saturated carbocycles. The lowest BCUT2D eigenvalue weighted by atomic mass is 9.94. The SMILES string of the molecule is CCNC(C)(CCCCn1ccnc1C(C)C)C(N)=O. The maximum Gasteiger partial charge on any atom is 0.237 e. The van der Waals surface area contributed by atoms with E-state index in [0.717, 1.165) is 38.2 Å². The van der Waals surface area contributed by atoms with Crippen LogP contribution in [0.25, 0.3) is 0 Å². The summed E-state index contributed by atoms with van der Waals surface area (Å²) in [5, 5.41) is 3.19. The highest BCUT2D eigenvalue weighted by Crippen LogP contribution is 2.16. The zero-order valence-corrected chi connectivity index (χ0v) is 13.1. The maximum absolute atomic E-state index is 11.5. The number of carbonyl (C=O) groups excluding carboxylic acids is 1. The summed E-state index contributed by atoms with van der Waals surface area (Å²) in [5.74, 6) is 1.28. The Balaban J connectivity index is 2.44. The molecule has 1 aromatic rings. The Labute approximate surface area is 122 Å². The van der Waals surface area contributed by atoms with Crippen molar-refractivity contribution in [2.24, 2.45) is 5.73 Å². The van der Waals surface area contributed by atoms with E-state index in [1.807, 2.05) is 26.2 Å². The van der Waals surface area contributed by atoms with Crippen LogP contribution in [0.4, 0.5) is 0 Å². The number of aromatic nitrogens is 2. The minimum atomic E-state index is -0.593. The van der Waals surface area contributed by atoms with Crippen LogP contribution in [-0.2, 0) is 11.3 Å². The number of rotatable bonds is 9. The van der Waals surface area contributed by atoms with Gasteiger partial charge in [-0.15, -0.1) is 0 Å². The molecule has 0 bridgehead atoms. The smallest absolute Gasteiger partial charge is 0.237 e. The van der Waals surface area contributed by atoms with Crippen LogP contribution in [0.15, 0.2) is 12.4 Å². The van der Waals surface area contributed by atoms with Gasteiger partial charge < -0.3 is 15.6 Å². The standard InChI is InChI=1S/C15H28N4O/c1-5-18-15(4,14(16)20)8-6-7-10-19-11-9-17-13(19)12(2)3/h9,11-12,18H,5-8,10H2,1-4H3,(H2,16,20). The van der Waals surface area contributed by atoms with Gasteiger partial charge in [0.25, 0.3) is 0 Å². The Hall–Kier alpha value is -1.36. The summed E-state index contributed by atoms with van der Waals surface area (Å²) in [4.78, 5) is 15.9. The van der Waals surface area contributed by atoms with Crippen LogP contribution in [0.3, 0.4) is 0 Å². The number of nitrogens with one attached hydrogen (secondary N) is 1. The number of unbranched alkanes of at least 4 members (excludes halogenated alkanes) is 1. The normalized spacial score (nSPS) is 14.4. The van der Waals surface area contributed by atoms with Gasteiger partial charge in [-0.25, -0.2) is 4.98 Å². The predicted octanol–water partition coefficient (Wildman–Crippen LogP) is 2.03. The largest absolute Gasteiger partial charge is 0.368 e. The number of nitrogens with two attached hydrogens (primary N) is 1. The average molecular weight is 280 g/mol. The van der Waals surface area contributed by atoms with Gasteiger partial charge in [-0.2, -0.15) is 0 Å². The fourth-order valence-corrected chi connectivity index (χ4v) is 2.46. The van der Waals surface area contributed by atoms with E-state index >= 15 is 0 Å². The van der Waals surface area contributed by atoms with Crippen molar-refractivity contribution in [1.29, 1.82) is 0 Å². The maximum atomic E-state index is 11.5. The lowest BCUT2D eigenvalue weighted by Crippen LogP contribution is -2.52. The molecule has 0 aliphatic carbocycles. The van der Waals surface area contributed by atoms with E-state index in [0.29, 0.717) is 5.92 Å². The molecule has 5 heteroatoms. The first-order chi connectivity index (χ1) is 9.40. The highest BCUT2D eigenvalue weighted by Gasteiger charge is 2.28. The molecule has 0 fully saturated rings. The number of nitrogens with zero attached hydrogens (tertiary/aromatic N) is 2. The molecule has 1 aromatic heterocycles. The minimum Gasteiger partial charge on any atom is -0.368 e. The molecule has 0 aromatic carbocycles. The van der Waals surface area contributed by atoms with Crippen molar-refractivity contribution >= 4 is 5.91 Å². The molecule has 0 saturated heterocycles. The molecule has 1 unspecified atom stereocenters. The van der Waals surface area contributed by atoms with Crippen LogP contribution in [0.5, 0.6) is 0 Å². The third-order valence-corrected chi connectivity index (χ3v) is 3.70. The van der Waals surface area contributed by atoms with E-state index in [-0.39, 0.29) is 5.91 Å². The summed E-state index contributed by atoms with van der Waals surface area (Å²) in [6.07, 6.45) is 6.61. The van der Waals surface area contributed by atoms with Gasteiger partial charge in [-0.1, -0.05) is 20.8 Å². The van der Waals surface area contributed by atoms with Crippen molar-refractivity contribution in [3.63, 3.8) is 0 Å². The Morgan fingerprint density at radius 1 is 1.50 bits per heavy atom. The number of primary amides is 1. The van der Waals surface area contributed by atoms with Gasteiger partial charge in [0, 0.05) is 24.9 Å². The van der Waals surface area contributed by atoms with E-state index in [2.05, 4.69) is 28.7 Å². The minimum absolute atomic E-state index is 0.273. The van der Waals surface area contributed by atoms with Crippen molar-refractivity contribution in [3.8, 4) is 0 Å². The number of hydrogen-bond acceptors (Lipinski definition) is 3. The lowest BCUT2D eigenvalue weighted by Gasteiger charge is -2.27. The van der Waals surface area contributed by atoms with Crippen LogP contribution >= 0.6 is 0 Å². The summed E-state index contributed by atoms with van der Waals surface area (Å²) in [6, 6.07) is 0. The van der Waals surface area contributed by atoms with E-state index in [4.69, 9.17) is 5.73 Å². The fourth-order valence-electron chi connectivity index (χ4n) is 2.46. The molecule has 0 aliphatic heterocycles. The summed E-state index contributed by atoms with van der Waals surface area (Å²) in [5.41, 5.74) is 4.89. The molecule has 114 valence electrons. The fraction of sp³-hybridized carbons (Fsp3) is 0.733. The highest BCUT2D eigenvalue weighted by atomic mass is 16.1. The summed E-state index contributed by atoms with van der Waals surface area (Å²) < 4.78 is 2.19. The molecule has 5 nitrogen and oxygen atoms in total. The molecule has 0 aliphatic rings. The molecule has 20 heavy (non-hydrogen) atoms. The first-order valence-electron chi connectivity index (χ1n) is 7.46. The number of likely N-dealkylation sites (N-methyl/N-ethyl adjacent to an activating group) is 1. The first kappa shape index (κ1) is 16.7. The van der Waals surface area contributed by atoms with E-state index in [1.54, 1.807) is 0 Å². The van der Waals surface area contributed by atoms with Crippen LogP contribution in [0, 0.1) is 0 Å². The average Bonchev–Trinajstić information content (AvgIpc) is 2.83. The molecular formula is C15H28N4O. The zero-order valence-electron chi connectivity index (χ0n) is 13.1. The first-order valence-corrected chi connectivity index (χ1v) is 7.46. The quantitative estimate of drug-likeness (QED) is 0.680. The second-order valence-electron chi connectivity index (χ2n) is 5.82. The van der Waals surface area contributed by atoms with E-state index < -0.39 is 5.54 Å². The molecule has 1 rings (SSSR count). The summed E-state index contributed by atoms with van der Waals surface area (Å²) in [7, 11) is 0. The molecule has 0 radical (unpaired) electrons. The molecule has 0 spiro atoms. The van der Waals surface area contributed by atoms with Crippen molar-refractivity contribution < 1.29 is 4.79 Å². The predicted molar refractivity (Wildman–Crippen MR) is 81.4 cm³/mol. The zero-order chi connectivity index (χ0) is 15.2. The van der Waals surface area contributed by atoms with Gasteiger partial charge in [-0.3, -0.25) is 4.79 Å². The van der Waals surface area contributed by atoms with E-state index in [9.17, 15) is 4.79 Å². The summed E-state index contributed by atoms with van der Waals surface area (Å²) >= 11 is 0. The number of amides is 1. The van der Waals surface area contributed by atoms with Gasteiger partial charge in [0.1, 0.15) is 5.82 Å². The topological polar surface area (TPSA) is 72.9 Å². The highest BCUT2D eigenvalue weighted by molar-refractivity contribution is 5.84. The molecule has 1 amide bonds. The van der Waals surface area contributed by atoms with Gasteiger partial charge in [0.15, 0.2) is 0 Å². The van der Waals surface area contributed by atoms with Crippen LogP contribution < -0.4 is 11.1 Å². The Bertz CT molecular complexity index is 427. The van der Waals surface area contributed by atoms with Crippen LogP contribution in [0.2, 0.25) is 0 Å². The van der Waals surface area contributed by atoms with Gasteiger partial charge in [0.2, 0.25) is 5.91 Å². The third-order valence-electron chi connectivity index (χ3n) is 3.70. The number of imidazole rings is 1. The van der Waals surface area contributed by atoms with Crippen LogP contribution in [0.1, 0.15) is 58.7 Å². The molecule has 1 heterocycles. The third kappa shape index (κ3) is 4.34. The number of aryl methyl sites for hydroxylation is 1. The van der Waals surface area contributed by atoms with E-state index in [1.165, 1.54) is 0 Å². The number of carbonyl (C=O) groups is 1.